The highest BCUT2D eigenvalue weighted by Crippen LogP contribution is 2.21. The summed E-state index contributed by atoms with van der Waals surface area (Å²) in [4.78, 5) is 49.0. The van der Waals surface area contributed by atoms with Gasteiger partial charge in [0.25, 0.3) is 5.91 Å². The molecule has 176 valence electrons. The molecular weight excluding hydrogens is 430 g/mol. The van der Waals surface area contributed by atoms with Crippen LogP contribution in [0.15, 0.2) is 34.2 Å². The molecule has 32 heavy (non-hydrogen) atoms. The number of amides is 3. The summed E-state index contributed by atoms with van der Waals surface area (Å²) in [5, 5.41) is 20.9. The molecule has 3 amide bonds. The molecule has 1 rings (SSSR count). The lowest BCUT2D eigenvalue weighted by molar-refractivity contribution is -0.133. The van der Waals surface area contributed by atoms with Gasteiger partial charge in [0.05, 0.1) is 6.04 Å². The van der Waals surface area contributed by atoms with Crippen LogP contribution in [0.2, 0.25) is 0 Å². The predicted octanol–water partition coefficient (Wildman–Crippen LogP) is 2.93. The lowest BCUT2D eigenvalue weighted by Gasteiger charge is -2.32. The van der Waals surface area contributed by atoms with Crippen LogP contribution in [-0.2, 0) is 19.2 Å². The number of hydrogen-bond acceptors (Lipinski definition) is 5. The van der Waals surface area contributed by atoms with Crippen LogP contribution in [0, 0.1) is 11.3 Å². The summed E-state index contributed by atoms with van der Waals surface area (Å²) in [7, 11) is 0. The summed E-state index contributed by atoms with van der Waals surface area (Å²) >= 11 is 1.45. The Morgan fingerprint density at radius 2 is 1.72 bits per heavy atom. The summed E-state index contributed by atoms with van der Waals surface area (Å²) in [5.41, 5.74) is 0.239. The summed E-state index contributed by atoms with van der Waals surface area (Å²) in [6.07, 6.45) is 3.03. The van der Waals surface area contributed by atoms with Crippen LogP contribution >= 0.6 is 11.3 Å². The van der Waals surface area contributed by atoms with Crippen LogP contribution in [-0.4, -0.2) is 40.9 Å². The molecule has 2 atom stereocenters. The van der Waals surface area contributed by atoms with Gasteiger partial charge in [-0.15, -0.1) is 0 Å². The molecule has 0 saturated heterocycles. The van der Waals surface area contributed by atoms with Gasteiger partial charge in [-0.25, -0.2) is 4.79 Å². The molecule has 0 aromatic carbocycles. The summed E-state index contributed by atoms with van der Waals surface area (Å²) in [6, 6.07) is 0.337. The highest BCUT2D eigenvalue weighted by molar-refractivity contribution is 7.08. The Balaban J connectivity index is 3.17. The average Bonchev–Trinajstić information content (AvgIpc) is 3.16. The van der Waals surface area contributed by atoms with Crippen LogP contribution in [0.5, 0.6) is 0 Å². The molecule has 0 spiro atoms. The Hall–Kier alpha value is -2.94. The maximum absolute atomic E-state index is 13.1. The molecule has 0 unspecified atom stereocenters. The highest BCUT2D eigenvalue weighted by atomic mass is 32.1. The van der Waals surface area contributed by atoms with E-state index in [0.29, 0.717) is 0 Å². The number of nitrogens with one attached hydrogen (secondary N) is 3. The highest BCUT2D eigenvalue weighted by Gasteiger charge is 2.34. The van der Waals surface area contributed by atoms with E-state index in [1.807, 2.05) is 24.6 Å². The van der Waals surface area contributed by atoms with E-state index >= 15 is 0 Å². The number of hydrogen-bond donors (Lipinski definition) is 4. The summed E-state index contributed by atoms with van der Waals surface area (Å²) in [6.45, 7) is 11.9. The van der Waals surface area contributed by atoms with E-state index in [4.69, 9.17) is 5.11 Å². The fourth-order valence-electron chi connectivity index (χ4n) is 2.75. The van der Waals surface area contributed by atoms with Gasteiger partial charge in [-0.05, 0) is 46.7 Å². The Morgan fingerprint density at radius 3 is 2.16 bits per heavy atom. The maximum Gasteiger partial charge on any atom is 0.331 e. The number of carbonyl (C=O) groups excluding carboxylic acids is 3. The van der Waals surface area contributed by atoms with Crippen molar-refractivity contribution in [1.82, 2.24) is 16.0 Å². The van der Waals surface area contributed by atoms with Crippen LogP contribution in [0.25, 0.3) is 6.08 Å². The second-order valence-corrected chi connectivity index (χ2v) is 9.78. The zero-order valence-electron chi connectivity index (χ0n) is 19.6. The topological polar surface area (TPSA) is 125 Å². The second kappa shape index (κ2) is 11.6. The zero-order chi connectivity index (χ0) is 24.6. The van der Waals surface area contributed by atoms with E-state index in [9.17, 15) is 19.2 Å². The third-order valence-corrected chi connectivity index (χ3v) is 5.31. The first kappa shape index (κ1) is 27.1. The molecule has 1 aromatic rings. The molecule has 0 saturated carbocycles. The van der Waals surface area contributed by atoms with Gasteiger partial charge < -0.3 is 21.1 Å². The van der Waals surface area contributed by atoms with Gasteiger partial charge in [0.1, 0.15) is 11.7 Å². The van der Waals surface area contributed by atoms with Crippen molar-refractivity contribution in [3.8, 4) is 0 Å². The van der Waals surface area contributed by atoms with Gasteiger partial charge in [0.2, 0.25) is 11.8 Å². The van der Waals surface area contributed by atoms with E-state index in [-0.39, 0.29) is 17.2 Å². The molecule has 0 aliphatic rings. The van der Waals surface area contributed by atoms with Gasteiger partial charge in [0.15, 0.2) is 0 Å². The van der Waals surface area contributed by atoms with Crippen molar-refractivity contribution in [2.45, 2.75) is 60.5 Å². The van der Waals surface area contributed by atoms with Crippen molar-refractivity contribution in [2.24, 2.45) is 11.3 Å². The van der Waals surface area contributed by atoms with Gasteiger partial charge in [0, 0.05) is 12.5 Å². The summed E-state index contributed by atoms with van der Waals surface area (Å²) < 4.78 is 0. The van der Waals surface area contributed by atoms with E-state index in [2.05, 4.69) is 16.0 Å². The standard InChI is InChI=1S/C23H33N3O5S/c1-13(2)17(10-14(3)22(30)31)25-21(29)19(23(5,6)7)26-20(28)18(24-15(4)27)11-16-8-9-32-12-16/h8-13,17,19H,1-7H3,(H,24,27)(H,25,29)(H,26,28)(H,30,31)/b14-10+,18-11-/t17-,19-/m1/s1. The molecule has 1 aromatic heterocycles. The minimum Gasteiger partial charge on any atom is -0.478 e. The number of aliphatic carboxylic acids is 1. The molecule has 0 radical (unpaired) electrons. The van der Waals surface area contributed by atoms with E-state index in [0.717, 1.165) is 5.56 Å². The van der Waals surface area contributed by atoms with Gasteiger partial charge >= 0.3 is 5.97 Å². The van der Waals surface area contributed by atoms with Crippen molar-refractivity contribution in [1.29, 1.82) is 0 Å². The average molecular weight is 464 g/mol. The molecular formula is C23H33N3O5S. The Morgan fingerprint density at radius 1 is 1.09 bits per heavy atom. The predicted molar refractivity (Wildman–Crippen MR) is 126 cm³/mol. The van der Waals surface area contributed by atoms with Crippen molar-refractivity contribution in [3.63, 3.8) is 0 Å². The minimum absolute atomic E-state index is 0.0278. The molecule has 0 bridgehead atoms. The Labute approximate surface area is 193 Å². The number of carboxylic acid groups (broad SMARTS) is 1. The number of carboxylic acids is 1. The first-order valence-corrected chi connectivity index (χ1v) is 11.2. The van der Waals surface area contributed by atoms with Crippen molar-refractivity contribution in [2.75, 3.05) is 0 Å². The van der Waals surface area contributed by atoms with Crippen LogP contribution in [0.3, 0.4) is 0 Å². The molecule has 0 fully saturated rings. The number of thiophene rings is 1. The monoisotopic (exact) mass is 463 g/mol. The van der Waals surface area contributed by atoms with Crippen molar-refractivity contribution in [3.05, 3.63) is 39.7 Å². The zero-order valence-corrected chi connectivity index (χ0v) is 20.4. The van der Waals surface area contributed by atoms with Crippen LogP contribution in [0.4, 0.5) is 0 Å². The fraction of sp³-hybridized carbons (Fsp3) is 0.478. The molecule has 8 nitrogen and oxygen atoms in total. The van der Waals surface area contributed by atoms with Crippen molar-refractivity contribution >= 4 is 41.1 Å². The molecule has 0 aliphatic carbocycles. The quantitative estimate of drug-likeness (QED) is 0.419. The number of rotatable bonds is 9. The Bertz CT molecular complexity index is 895. The first-order valence-electron chi connectivity index (χ1n) is 10.3. The normalized spacial score (nSPS) is 14.5. The lowest BCUT2D eigenvalue weighted by Crippen LogP contribution is -2.56. The second-order valence-electron chi connectivity index (χ2n) is 9.00. The number of carbonyl (C=O) groups is 4. The Kier molecular flexibility index (Phi) is 9.83. The summed E-state index contributed by atoms with van der Waals surface area (Å²) in [5.74, 6) is -2.59. The molecule has 9 heteroatoms. The van der Waals surface area contributed by atoms with E-state index in [1.54, 1.807) is 32.9 Å². The largest absolute Gasteiger partial charge is 0.478 e. The molecule has 1 heterocycles. The van der Waals surface area contributed by atoms with Crippen LogP contribution < -0.4 is 16.0 Å². The van der Waals surface area contributed by atoms with Crippen molar-refractivity contribution < 1.29 is 24.3 Å². The van der Waals surface area contributed by atoms with Crippen LogP contribution in [0.1, 0.15) is 54.0 Å². The molecule has 4 N–H and O–H groups in total. The van der Waals surface area contributed by atoms with E-state index < -0.39 is 41.2 Å². The molecule has 0 aliphatic heterocycles. The smallest absolute Gasteiger partial charge is 0.331 e. The minimum atomic E-state index is -1.07. The third kappa shape index (κ3) is 8.66. The van der Waals surface area contributed by atoms with Gasteiger partial charge in [-0.2, -0.15) is 11.3 Å². The van der Waals surface area contributed by atoms with E-state index in [1.165, 1.54) is 31.3 Å². The van der Waals surface area contributed by atoms with Gasteiger partial charge in [-0.3, -0.25) is 14.4 Å². The fourth-order valence-corrected chi connectivity index (χ4v) is 3.36. The SMILES string of the molecule is CC(=O)N/C(=C\c1ccsc1)C(=O)N[C@H](C(=O)N[C@H](/C=C(\C)C(=O)O)C(C)C)C(C)(C)C. The lowest BCUT2D eigenvalue weighted by atomic mass is 9.85. The first-order chi connectivity index (χ1) is 14.7. The third-order valence-electron chi connectivity index (χ3n) is 4.61. The van der Waals surface area contributed by atoms with Gasteiger partial charge in [-0.1, -0.05) is 40.7 Å². The maximum atomic E-state index is 13.1.